The van der Waals surface area contributed by atoms with Crippen molar-refractivity contribution in [3.05, 3.63) is 0 Å². The van der Waals surface area contributed by atoms with Crippen LogP contribution in [0.15, 0.2) is 0 Å². The van der Waals surface area contributed by atoms with E-state index in [1.165, 1.54) is 41.7 Å². The van der Waals surface area contributed by atoms with Gasteiger partial charge in [0.2, 0.25) is 76.8 Å². The molecule has 0 saturated carbocycles. The van der Waals surface area contributed by atoms with Crippen molar-refractivity contribution in [1.82, 2.24) is 106 Å². The van der Waals surface area contributed by atoms with Gasteiger partial charge in [0.25, 0.3) is 5.97 Å². The van der Waals surface area contributed by atoms with Crippen LogP contribution >= 0.6 is 32.0 Å². The van der Waals surface area contributed by atoms with Crippen molar-refractivity contribution in [3.63, 3.8) is 0 Å². The summed E-state index contributed by atoms with van der Waals surface area (Å²) in [7, 11) is 11.8. The van der Waals surface area contributed by atoms with E-state index in [0.29, 0.717) is 76.3 Å². The summed E-state index contributed by atoms with van der Waals surface area (Å²) in [6.45, 7) is 45.2. The third kappa shape index (κ3) is 111. The number of rotatable bonds is 39. The molecule has 2 fully saturated rings. The van der Waals surface area contributed by atoms with Crippen molar-refractivity contribution in [2.24, 2.45) is 0 Å². The number of aliphatic hydroxyl groups excluding tert-OH is 1. The van der Waals surface area contributed by atoms with Gasteiger partial charge in [-0.15, -0.1) is 0 Å². The Bertz CT molecular complexity index is 2910. The number of carbonyl (C=O) groups excluding carboxylic acids is 14. The van der Waals surface area contributed by atoms with E-state index < -0.39 is 37.7 Å². The molecule has 0 aliphatic carbocycles. The fourth-order valence-corrected chi connectivity index (χ4v) is 11.8. The maximum atomic E-state index is 12.0. The summed E-state index contributed by atoms with van der Waals surface area (Å²) in [6, 6.07) is -1.29. The minimum atomic E-state index is -4.12. The lowest BCUT2D eigenvalue weighted by molar-refractivity contribution is -0.146. The fourth-order valence-electron chi connectivity index (χ4n) is 9.28. The molecule has 764 valence electrons. The smallest absolute Gasteiger partial charge is 0.357 e. The number of aliphatic hydroxyl groups is 1. The van der Waals surface area contributed by atoms with E-state index in [0.717, 1.165) is 64.0 Å². The van der Waals surface area contributed by atoms with E-state index in [-0.39, 0.29) is 142 Å². The third-order valence-corrected chi connectivity index (χ3v) is 18.3. The van der Waals surface area contributed by atoms with Crippen LogP contribution in [0.25, 0.3) is 0 Å². The SMILES string of the molecule is CC(=O)O.CCC(NC(C)(C)C)C(=O)NC.CCC(NC(C)(C)C)C(=O)NC.CNC(=O)C(C)NC(C)(C)C.CNC(=O)C(CO)NC(C)(C)C.CNC(=O)C(CP(=O)(O)OO)NC(C)C.CNC(C)=O.CNC(C)=O.CNC(C)=O.CNC(C)=O.CNC(C)=O.O=C(CCS)NCCOCCOCCNC(=O)CCCCCNC(=O)CCCCC1SCC2NC(=O)NC21. The second-order valence-electron chi connectivity index (χ2n) is 32.8. The summed E-state index contributed by atoms with van der Waals surface area (Å²) < 4.78 is 25.3. The first-order valence-corrected chi connectivity index (χ1v) is 46.5. The zero-order valence-electron chi connectivity index (χ0n) is 84.1. The third-order valence-electron chi connectivity index (χ3n) is 15.5. The Morgan fingerprint density at radius 3 is 1.09 bits per heavy atom. The van der Waals surface area contributed by atoms with Gasteiger partial charge in [0, 0.05) is 190 Å². The highest BCUT2D eigenvalue weighted by Gasteiger charge is 2.42. The van der Waals surface area contributed by atoms with E-state index in [4.69, 9.17) is 34.6 Å². The van der Waals surface area contributed by atoms with E-state index >= 15 is 0 Å². The monoisotopic (exact) mass is 1920 g/mol. The van der Waals surface area contributed by atoms with Crippen molar-refractivity contribution in [3.8, 4) is 0 Å². The van der Waals surface area contributed by atoms with Gasteiger partial charge in [0.15, 0.2) is 0 Å². The van der Waals surface area contributed by atoms with Crippen molar-refractivity contribution in [1.29, 1.82) is 0 Å². The molecule has 0 aromatic heterocycles. The number of amides is 15. The number of hydrogen-bond donors (Lipinski definition) is 25. The predicted molar refractivity (Wildman–Crippen MR) is 514 cm³/mol. The molecular formula is C83H177N20O23PS2. The Morgan fingerprint density at radius 2 is 0.783 bits per heavy atom. The van der Waals surface area contributed by atoms with E-state index in [2.05, 4.69) is 165 Å². The highest BCUT2D eigenvalue weighted by atomic mass is 32.2. The summed E-state index contributed by atoms with van der Waals surface area (Å²) >= 11 is 5.90. The second kappa shape index (κ2) is 87.0. The highest BCUT2D eigenvalue weighted by Crippen LogP contribution is 2.41. The zero-order valence-corrected chi connectivity index (χ0v) is 86.7. The molecule has 0 radical (unpaired) electrons. The number of thiol groups is 1. The lowest BCUT2D eigenvalue weighted by atomic mass is 10.0. The van der Waals surface area contributed by atoms with Gasteiger partial charge in [-0.05, 0) is 134 Å². The molecule has 0 aromatic rings. The van der Waals surface area contributed by atoms with Crippen LogP contribution in [-0.2, 0) is 85.8 Å². The van der Waals surface area contributed by atoms with Crippen LogP contribution in [0, 0.1) is 0 Å². The normalized spacial score (nSPS) is 14.5. The van der Waals surface area contributed by atoms with Crippen LogP contribution in [0.4, 0.5) is 4.79 Å². The van der Waals surface area contributed by atoms with Crippen molar-refractivity contribution < 1.29 is 111 Å². The number of fused-ring (bicyclic) bond motifs is 1. The van der Waals surface area contributed by atoms with Gasteiger partial charge < -0.3 is 126 Å². The number of carboxylic acid groups (broad SMARTS) is 1. The number of ether oxygens (including phenoxy) is 2. The summed E-state index contributed by atoms with van der Waals surface area (Å²) in [4.78, 5) is 169. The van der Waals surface area contributed by atoms with Crippen LogP contribution in [0.1, 0.15) is 230 Å². The Morgan fingerprint density at radius 1 is 0.465 bits per heavy atom. The van der Waals surface area contributed by atoms with Gasteiger partial charge in [-0.1, -0.05) is 40.5 Å². The van der Waals surface area contributed by atoms with Crippen LogP contribution in [0.2, 0.25) is 0 Å². The summed E-state index contributed by atoms with van der Waals surface area (Å²) in [5, 5.41) is 79.4. The van der Waals surface area contributed by atoms with Gasteiger partial charge in [0.05, 0.1) is 75.4 Å². The summed E-state index contributed by atoms with van der Waals surface area (Å²) in [5.41, 5.74) is -0.188. The number of unbranched alkanes of at least 4 members (excludes halogenated alkanes) is 3. The minimum Gasteiger partial charge on any atom is -0.481 e. The number of nitrogens with one attached hydrogen (secondary N) is 20. The minimum absolute atomic E-state index is 0.00463. The number of carbonyl (C=O) groups is 15. The molecule has 15 amide bonds. The maximum Gasteiger partial charge on any atom is 0.357 e. The lowest BCUT2D eigenvalue weighted by Crippen LogP contribution is -2.52. The molecule has 2 saturated heterocycles. The average Bonchev–Trinajstić information content (AvgIpc) is 1.67. The first-order valence-electron chi connectivity index (χ1n) is 43.0. The molecule has 43 nitrogen and oxygen atoms in total. The highest BCUT2D eigenvalue weighted by molar-refractivity contribution is 8.00. The number of thioether (sulfide) groups is 1. The number of urea groups is 1. The predicted octanol–water partition coefficient (Wildman–Crippen LogP) is 1.39. The Hall–Kier alpha value is -7.66. The molecule has 129 heavy (non-hydrogen) atoms. The largest absolute Gasteiger partial charge is 0.481 e. The zero-order chi connectivity index (χ0) is 103. The van der Waals surface area contributed by atoms with Crippen LogP contribution in [0.3, 0.4) is 0 Å². The fraction of sp³-hybridized carbons (Fsp3) is 0.819. The Labute approximate surface area is 780 Å². The quantitative estimate of drug-likeness (QED) is 0.0103. The van der Waals surface area contributed by atoms with E-state index in [1.54, 1.807) is 77.3 Å². The van der Waals surface area contributed by atoms with Gasteiger partial charge in [-0.3, -0.25) is 77.0 Å². The first kappa shape index (κ1) is 142. The summed E-state index contributed by atoms with van der Waals surface area (Å²) in [5.74, 6) is 0.266. The van der Waals surface area contributed by atoms with Gasteiger partial charge >= 0.3 is 13.6 Å². The molecular weight excluding hydrogens is 1740 g/mol. The molecule has 2 rings (SSSR count). The molecule has 0 spiro atoms. The molecule has 24 N–H and O–H groups in total. The standard InChI is InChI=1S/C25H45N5O6S2.2C9H20N2O.C8H18N2O2.C8H18N2O.C7H17N2O5P.5C3H7NO.C2H4O2/c31-21(8-4-3-6-20-24-19(18-38-20)29-25(34)30-24)26-10-5-1-2-7-22(32)27-11-13-35-15-16-36-14-12-28-23(33)9-17-37;2*1-6-7(8(12)10-5)11-9(2,3)4;1-8(2,3)10-6(5-11)7(12)9-4;1-6(7(11)9-5)10-8(2,3)4;1-5(2)9-6(7(10)8-3)4-15(12,13)14-11;5*1-3(5)4-2;1-2(3)4/h19-20,24,37H,1-18H2,(H,26,31)(H,27,32)(H,28,33)(H2,29,30,34);2*7,11H,6H2,1-5H3,(H,10,12);6,10-11H,5H2,1-4H3,(H,9,12);6,10H,1-5H3,(H,9,11);5-6,9,11H,4H2,1-3H3,(H,8,10)(H,12,13);5*1-2H3,(H,4,5);1H3,(H,3,4). The lowest BCUT2D eigenvalue weighted by Gasteiger charge is -2.26. The maximum absolute atomic E-state index is 12.0. The Kier molecular flexibility index (Phi) is 95.6. The average molecular weight is 1920 g/mol. The molecule has 0 aromatic carbocycles. The molecule has 9 atom stereocenters. The molecule has 2 heterocycles. The van der Waals surface area contributed by atoms with Crippen LogP contribution in [0.5, 0.6) is 0 Å². The number of carboxylic acids is 1. The van der Waals surface area contributed by atoms with Crippen LogP contribution < -0.4 is 106 Å². The molecule has 9 unspecified atom stereocenters. The van der Waals surface area contributed by atoms with Crippen LogP contribution in [-0.4, -0.2) is 326 Å². The van der Waals surface area contributed by atoms with E-state index in [1.807, 2.05) is 74.1 Å². The summed E-state index contributed by atoms with van der Waals surface area (Å²) in [6.07, 6.45) is 7.93. The molecule has 2 aliphatic heterocycles. The molecule has 2 aliphatic rings. The topological polar surface area (TPSA) is 622 Å². The van der Waals surface area contributed by atoms with Crippen molar-refractivity contribution in [2.45, 2.75) is 306 Å². The number of aliphatic carboxylic acids is 1. The van der Waals surface area contributed by atoms with Gasteiger partial charge in [0.1, 0.15) is 6.04 Å². The second-order valence-corrected chi connectivity index (χ2v) is 36.3. The molecule has 46 heteroatoms. The van der Waals surface area contributed by atoms with Crippen molar-refractivity contribution >= 4 is 121 Å². The Balaban J connectivity index is -0.000000164. The van der Waals surface area contributed by atoms with E-state index in [9.17, 15) is 71.7 Å². The number of likely N-dealkylation sites (N-methyl/N-ethyl adjacent to an activating group) is 5. The van der Waals surface area contributed by atoms with Crippen molar-refractivity contribution in [2.75, 3.05) is 141 Å². The number of hydrogen-bond acceptors (Lipinski definition) is 28. The van der Waals surface area contributed by atoms with Gasteiger partial charge in [-0.25, -0.2) is 10.1 Å². The first-order chi connectivity index (χ1) is 59.5. The molecule has 0 bridgehead atoms. The van der Waals surface area contributed by atoms with Gasteiger partial charge in [-0.2, -0.15) is 29.1 Å².